The monoisotopic (exact) mass is 396 g/mol. The summed E-state index contributed by atoms with van der Waals surface area (Å²) < 4.78 is 46.8. The number of methoxy groups -OCH3 is 1. The molecule has 6 nitrogen and oxygen atoms in total. The molecular formula is C19H23F3N4O2. The maximum Gasteiger partial charge on any atom is 0.422 e. The van der Waals surface area contributed by atoms with Crippen LogP contribution in [-0.2, 0) is 13.0 Å². The molecule has 0 unspecified atom stereocenters. The van der Waals surface area contributed by atoms with E-state index < -0.39 is 12.8 Å². The van der Waals surface area contributed by atoms with Crippen LogP contribution in [0.4, 0.5) is 13.2 Å². The molecule has 0 spiro atoms. The van der Waals surface area contributed by atoms with Gasteiger partial charge in [0.05, 0.1) is 7.11 Å². The zero-order chi connectivity index (χ0) is 20.4. The van der Waals surface area contributed by atoms with Gasteiger partial charge in [-0.25, -0.2) is 0 Å². The largest absolute Gasteiger partial charge is 0.493 e. The molecule has 0 aliphatic rings. The Hall–Kier alpha value is -2.97. The first-order valence-corrected chi connectivity index (χ1v) is 8.62. The summed E-state index contributed by atoms with van der Waals surface area (Å²) in [7, 11) is 3.04. The lowest BCUT2D eigenvalue weighted by Crippen LogP contribution is -2.37. The lowest BCUT2D eigenvalue weighted by Gasteiger charge is -2.15. The van der Waals surface area contributed by atoms with Gasteiger partial charge in [-0.05, 0) is 29.8 Å². The molecule has 28 heavy (non-hydrogen) atoms. The predicted molar refractivity (Wildman–Crippen MR) is 101 cm³/mol. The number of hydrogen-bond donors (Lipinski definition) is 2. The molecule has 0 saturated carbocycles. The molecule has 9 heteroatoms. The number of rotatable bonds is 8. The maximum atomic E-state index is 12.3. The number of aromatic nitrogens is 1. The van der Waals surface area contributed by atoms with Crippen molar-refractivity contribution in [3.8, 4) is 11.5 Å². The summed E-state index contributed by atoms with van der Waals surface area (Å²) in [6, 6.07) is 10.5. The van der Waals surface area contributed by atoms with Crippen LogP contribution in [0.2, 0.25) is 0 Å². The van der Waals surface area contributed by atoms with E-state index in [1.165, 1.54) is 13.2 Å². The average Bonchev–Trinajstić information content (AvgIpc) is 2.69. The third kappa shape index (κ3) is 7.34. The average molecular weight is 396 g/mol. The molecule has 2 aromatic rings. The minimum Gasteiger partial charge on any atom is -0.493 e. The van der Waals surface area contributed by atoms with E-state index in [1.54, 1.807) is 25.4 Å². The third-order valence-electron chi connectivity index (χ3n) is 3.70. The summed E-state index contributed by atoms with van der Waals surface area (Å²) >= 11 is 0. The van der Waals surface area contributed by atoms with Gasteiger partial charge in [-0.1, -0.05) is 12.1 Å². The number of hydrogen-bond acceptors (Lipinski definition) is 4. The van der Waals surface area contributed by atoms with E-state index in [2.05, 4.69) is 20.6 Å². The molecule has 0 saturated heterocycles. The zero-order valence-corrected chi connectivity index (χ0v) is 15.7. The van der Waals surface area contributed by atoms with Gasteiger partial charge in [-0.2, -0.15) is 13.2 Å². The van der Waals surface area contributed by atoms with E-state index in [0.29, 0.717) is 19.0 Å². The van der Waals surface area contributed by atoms with Crippen molar-refractivity contribution in [2.45, 2.75) is 19.1 Å². The number of alkyl halides is 3. The van der Waals surface area contributed by atoms with Crippen molar-refractivity contribution in [3.05, 3.63) is 53.9 Å². The van der Waals surface area contributed by atoms with Crippen molar-refractivity contribution in [2.75, 3.05) is 27.3 Å². The van der Waals surface area contributed by atoms with E-state index >= 15 is 0 Å². The lowest BCUT2D eigenvalue weighted by atomic mass is 10.2. The first kappa shape index (κ1) is 21.3. The molecule has 0 aliphatic carbocycles. The van der Waals surface area contributed by atoms with Crippen LogP contribution in [0.15, 0.2) is 47.6 Å². The number of halogens is 3. The molecule has 1 aromatic carbocycles. The van der Waals surface area contributed by atoms with E-state index in [-0.39, 0.29) is 11.5 Å². The number of ether oxygens (including phenoxy) is 2. The Balaban J connectivity index is 1.86. The summed E-state index contributed by atoms with van der Waals surface area (Å²) in [6.45, 7) is -0.294. The second kappa shape index (κ2) is 10.4. The molecule has 1 heterocycles. The van der Waals surface area contributed by atoms with Crippen LogP contribution in [0.5, 0.6) is 11.5 Å². The van der Waals surface area contributed by atoms with Crippen molar-refractivity contribution in [3.63, 3.8) is 0 Å². The minimum absolute atomic E-state index is 0.0430. The highest BCUT2D eigenvalue weighted by Gasteiger charge is 2.29. The predicted octanol–water partition coefficient (Wildman–Crippen LogP) is 2.94. The normalized spacial score (nSPS) is 11.8. The Morgan fingerprint density at radius 3 is 2.61 bits per heavy atom. The quantitative estimate of drug-likeness (QED) is 0.531. The highest BCUT2D eigenvalue weighted by atomic mass is 19.4. The Kier molecular flexibility index (Phi) is 7.91. The molecule has 1 aromatic heterocycles. The number of guanidine groups is 1. The van der Waals surface area contributed by atoms with Gasteiger partial charge in [0.2, 0.25) is 0 Å². The molecule has 0 aliphatic heterocycles. The molecule has 152 valence electrons. The van der Waals surface area contributed by atoms with Crippen molar-refractivity contribution in [2.24, 2.45) is 4.99 Å². The Morgan fingerprint density at radius 2 is 1.96 bits per heavy atom. The number of pyridine rings is 1. The van der Waals surface area contributed by atoms with Gasteiger partial charge in [0.25, 0.3) is 0 Å². The molecule has 0 amide bonds. The fraction of sp³-hybridized carbons (Fsp3) is 0.368. The number of benzene rings is 1. The second-order valence-electron chi connectivity index (χ2n) is 5.81. The van der Waals surface area contributed by atoms with Gasteiger partial charge in [0, 0.05) is 38.4 Å². The number of aliphatic imine (C=N–C) groups is 1. The Bertz CT molecular complexity index is 768. The molecule has 2 N–H and O–H groups in total. The van der Waals surface area contributed by atoms with Gasteiger partial charge in [-0.3, -0.25) is 9.98 Å². The molecule has 0 atom stereocenters. The number of nitrogens with zero attached hydrogens (tertiary/aromatic N) is 2. The SMILES string of the molecule is CN=C(NCCc1ccccn1)NCc1ccc(OCC(F)(F)F)c(OC)c1. The highest BCUT2D eigenvalue weighted by Crippen LogP contribution is 2.29. The maximum absolute atomic E-state index is 12.3. The number of nitrogens with one attached hydrogen (secondary N) is 2. The van der Waals surface area contributed by atoms with Crippen molar-refractivity contribution in [1.82, 2.24) is 15.6 Å². The summed E-state index contributed by atoms with van der Waals surface area (Å²) in [5.74, 6) is 0.885. The standard InChI is InChI=1S/C19H23F3N4O2/c1-23-18(25-10-8-15-5-3-4-9-24-15)26-12-14-6-7-16(17(11-14)27-2)28-13-19(20,21)22/h3-7,9,11H,8,10,12-13H2,1-2H3,(H2,23,25,26). The highest BCUT2D eigenvalue weighted by molar-refractivity contribution is 5.79. The minimum atomic E-state index is -4.40. The van der Waals surface area contributed by atoms with Gasteiger partial charge >= 0.3 is 6.18 Å². The molecule has 0 radical (unpaired) electrons. The first-order chi connectivity index (χ1) is 13.4. The van der Waals surface area contributed by atoms with Gasteiger partial charge in [-0.15, -0.1) is 0 Å². The topological polar surface area (TPSA) is 67.8 Å². The van der Waals surface area contributed by atoms with Crippen molar-refractivity contribution < 1.29 is 22.6 Å². The zero-order valence-electron chi connectivity index (χ0n) is 15.7. The second-order valence-corrected chi connectivity index (χ2v) is 5.81. The van der Waals surface area contributed by atoms with Crippen LogP contribution in [-0.4, -0.2) is 44.4 Å². The van der Waals surface area contributed by atoms with E-state index in [0.717, 1.165) is 17.7 Å². The van der Waals surface area contributed by atoms with Gasteiger partial charge in [0.15, 0.2) is 24.1 Å². The first-order valence-electron chi connectivity index (χ1n) is 8.62. The summed E-state index contributed by atoms with van der Waals surface area (Å²) in [4.78, 5) is 8.40. The van der Waals surface area contributed by atoms with Crippen LogP contribution >= 0.6 is 0 Å². The van der Waals surface area contributed by atoms with Crippen LogP contribution in [0.25, 0.3) is 0 Å². The summed E-state index contributed by atoms with van der Waals surface area (Å²) in [5, 5.41) is 6.32. The van der Waals surface area contributed by atoms with Crippen LogP contribution in [0, 0.1) is 0 Å². The molecule has 0 bridgehead atoms. The molecular weight excluding hydrogens is 373 g/mol. The molecule has 2 rings (SSSR count). The van der Waals surface area contributed by atoms with E-state index in [9.17, 15) is 13.2 Å². The van der Waals surface area contributed by atoms with Gasteiger partial charge < -0.3 is 20.1 Å². The summed E-state index contributed by atoms with van der Waals surface area (Å²) in [5.41, 5.74) is 1.79. The van der Waals surface area contributed by atoms with E-state index in [4.69, 9.17) is 9.47 Å². The fourth-order valence-electron chi connectivity index (χ4n) is 2.36. The third-order valence-corrected chi connectivity index (χ3v) is 3.70. The van der Waals surface area contributed by atoms with Gasteiger partial charge in [0.1, 0.15) is 0 Å². The van der Waals surface area contributed by atoms with E-state index in [1.807, 2.05) is 18.2 Å². The van der Waals surface area contributed by atoms with Crippen LogP contribution < -0.4 is 20.1 Å². The Morgan fingerprint density at radius 1 is 1.14 bits per heavy atom. The van der Waals surface area contributed by atoms with Crippen LogP contribution in [0.1, 0.15) is 11.3 Å². The molecule has 0 fully saturated rings. The Labute approximate surface area is 161 Å². The smallest absolute Gasteiger partial charge is 0.422 e. The fourth-order valence-corrected chi connectivity index (χ4v) is 2.36. The van der Waals surface area contributed by atoms with Crippen molar-refractivity contribution in [1.29, 1.82) is 0 Å². The van der Waals surface area contributed by atoms with Crippen molar-refractivity contribution >= 4 is 5.96 Å². The van der Waals surface area contributed by atoms with Crippen LogP contribution in [0.3, 0.4) is 0 Å². The lowest BCUT2D eigenvalue weighted by molar-refractivity contribution is -0.153. The summed E-state index contributed by atoms with van der Waals surface area (Å²) in [6.07, 6.45) is -1.91.